The van der Waals surface area contributed by atoms with Crippen molar-refractivity contribution in [3.8, 4) is 0 Å². The van der Waals surface area contributed by atoms with Crippen LogP contribution in [0.25, 0.3) is 10.9 Å². The lowest BCUT2D eigenvalue weighted by molar-refractivity contribution is 0.0670. The van der Waals surface area contributed by atoms with Gasteiger partial charge in [-0.05, 0) is 12.1 Å². The molecule has 1 aromatic heterocycles. The number of rotatable bonds is 7. The van der Waals surface area contributed by atoms with Crippen molar-refractivity contribution in [3.05, 3.63) is 30.2 Å². The van der Waals surface area contributed by atoms with E-state index in [9.17, 15) is 12.8 Å². The molecule has 0 aliphatic rings. The Hall–Kier alpha value is -1.48. The number of nitrogens with two attached hydrogens (primary N) is 1. The van der Waals surface area contributed by atoms with Gasteiger partial charge in [0.15, 0.2) is 0 Å². The maximum absolute atomic E-state index is 13.9. The molecule has 0 saturated carbocycles. The zero-order valence-electron chi connectivity index (χ0n) is 11.6. The van der Waals surface area contributed by atoms with E-state index in [1.54, 1.807) is 17.7 Å². The van der Waals surface area contributed by atoms with Gasteiger partial charge in [0.2, 0.25) is 10.0 Å². The molecule has 0 spiro atoms. The molecule has 2 N–H and O–H groups in total. The first-order valence-corrected chi connectivity index (χ1v) is 7.86. The molecule has 21 heavy (non-hydrogen) atoms. The van der Waals surface area contributed by atoms with Crippen LogP contribution in [-0.2, 0) is 26.0 Å². The zero-order chi connectivity index (χ0) is 15.5. The van der Waals surface area contributed by atoms with Crippen molar-refractivity contribution in [3.63, 3.8) is 0 Å². The Bertz CT molecular complexity index is 727. The summed E-state index contributed by atoms with van der Waals surface area (Å²) in [5.41, 5.74) is 0.467. The van der Waals surface area contributed by atoms with Crippen molar-refractivity contribution in [2.24, 2.45) is 5.14 Å². The van der Waals surface area contributed by atoms with Gasteiger partial charge in [0.05, 0.1) is 30.7 Å². The van der Waals surface area contributed by atoms with Gasteiger partial charge < -0.3 is 14.0 Å². The first-order chi connectivity index (χ1) is 9.95. The number of ether oxygens (including phenoxy) is 2. The number of sulfonamides is 1. The highest BCUT2D eigenvalue weighted by Crippen LogP contribution is 2.27. The van der Waals surface area contributed by atoms with Crippen LogP contribution in [0.4, 0.5) is 4.39 Å². The van der Waals surface area contributed by atoms with Gasteiger partial charge in [-0.25, -0.2) is 17.9 Å². The summed E-state index contributed by atoms with van der Waals surface area (Å²) < 4.78 is 48.9. The Morgan fingerprint density at radius 3 is 2.71 bits per heavy atom. The number of primary sulfonamides is 1. The molecule has 0 fully saturated rings. The van der Waals surface area contributed by atoms with Gasteiger partial charge in [0, 0.05) is 19.9 Å². The van der Waals surface area contributed by atoms with Crippen LogP contribution in [0.2, 0.25) is 0 Å². The molecule has 0 bridgehead atoms. The topological polar surface area (TPSA) is 83.5 Å². The number of hydrogen-bond acceptors (Lipinski definition) is 4. The molecule has 1 aromatic carbocycles. The lowest BCUT2D eigenvalue weighted by atomic mass is 10.2. The van der Waals surface area contributed by atoms with Crippen molar-refractivity contribution >= 4 is 20.9 Å². The van der Waals surface area contributed by atoms with Crippen LogP contribution in [0.1, 0.15) is 0 Å². The van der Waals surface area contributed by atoms with Gasteiger partial charge in [-0.3, -0.25) is 0 Å². The monoisotopic (exact) mass is 316 g/mol. The van der Waals surface area contributed by atoms with Gasteiger partial charge in [-0.15, -0.1) is 0 Å². The van der Waals surface area contributed by atoms with Crippen LogP contribution in [0.15, 0.2) is 29.3 Å². The molecular formula is C13H17FN2O4S. The summed E-state index contributed by atoms with van der Waals surface area (Å²) in [5.74, 6) is -0.615. The highest BCUT2D eigenvalue weighted by atomic mass is 32.2. The number of benzene rings is 1. The van der Waals surface area contributed by atoms with Crippen LogP contribution in [0.3, 0.4) is 0 Å². The van der Waals surface area contributed by atoms with Crippen molar-refractivity contribution < 1.29 is 22.3 Å². The Morgan fingerprint density at radius 2 is 2.05 bits per heavy atom. The lowest BCUT2D eigenvalue weighted by Gasteiger charge is -2.06. The summed E-state index contributed by atoms with van der Waals surface area (Å²) in [6, 6.07) is 4.37. The summed E-state index contributed by atoms with van der Waals surface area (Å²) >= 11 is 0. The molecule has 6 nitrogen and oxygen atoms in total. The zero-order valence-corrected chi connectivity index (χ0v) is 12.4. The lowest BCUT2D eigenvalue weighted by Crippen LogP contribution is -2.12. The number of nitrogens with zero attached hydrogens (tertiary/aromatic N) is 1. The van der Waals surface area contributed by atoms with Crippen molar-refractivity contribution in [1.29, 1.82) is 0 Å². The molecule has 8 heteroatoms. The van der Waals surface area contributed by atoms with Crippen LogP contribution in [0, 0.1) is 5.82 Å². The fourth-order valence-corrected chi connectivity index (χ4v) is 2.84. The van der Waals surface area contributed by atoms with Gasteiger partial charge in [-0.2, -0.15) is 0 Å². The summed E-state index contributed by atoms with van der Waals surface area (Å²) in [4.78, 5) is -0.215. The molecule has 116 valence electrons. The van der Waals surface area contributed by atoms with Gasteiger partial charge >= 0.3 is 0 Å². The number of fused-ring (bicyclic) bond motifs is 1. The maximum Gasteiger partial charge on any atom is 0.240 e. The predicted octanol–water partition coefficient (Wildman–Crippen LogP) is 1.09. The maximum atomic E-state index is 13.9. The third-order valence-corrected chi connectivity index (χ3v) is 3.96. The molecule has 0 aliphatic heterocycles. The molecule has 0 radical (unpaired) electrons. The SMILES string of the molecule is COCCOCCn1cc(S(N)(=O)=O)c2c(F)cccc21. The smallest absolute Gasteiger partial charge is 0.240 e. The fraction of sp³-hybridized carbons (Fsp3) is 0.385. The average molecular weight is 316 g/mol. The molecule has 0 unspecified atom stereocenters. The van der Waals surface area contributed by atoms with E-state index in [0.717, 1.165) is 0 Å². The predicted molar refractivity (Wildman–Crippen MR) is 76.0 cm³/mol. The normalized spacial score (nSPS) is 12.1. The molecule has 0 atom stereocenters. The highest BCUT2D eigenvalue weighted by molar-refractivity contribution is 7.89. The highest BCUT2D eigenvalue weighted by Gasteiger charge is 2.20. The summed E-state index contributed by atoms with van der Waals surface area (Å²) in [7, 11) is -2.42. The minimum Gasteiger partial charge on any atom is -0.382 e. The molecule has 0 aliphatic carbocycles. The first kappa shape index (κ1) is 15.9. The number of aromatic nitrogens is 1. The third kappa shape index (κ3) is 3.59. The number of methoxy groups -OCH3 is 1. The second kappa shape index (κ2) is 6.52. The number of hydrogen-bond donors (Lipinski definition) is 1. The van der Waals surface area contributed by atoms with Crippen LogP contribution in [0.5, 0.6) is 0 Å². The third-order valence-electron chi connectivity index (χ3n) is 3.04. The standard InChI is InChI=1S/C13H17FN2O4S/c1-19-7-8-20-6-5-16-9-12(21(15,17)18)13-10(14)3-2-4-11(13)16/h2-4,9H,5-8H2,1H3,(H2,15,17,18). The van der Waals surface area contributed by atoms with E-state index in [0.29, 0.717) is 31.9 Å². The van der Waals surface area contributed by atoms with Crippen molar-refractivity contribution in [2.75, 3.05) is 26.9 Å². The van der Waals surface area contributed by atoms with E-state index in [1.807, 2.05) is 0 Å². The summed E-state index contributed by atoms with van der Waals surface area (Å²) in [6.45, 7) is 1.66. The molecule has 1 heterocycles. The number of halogens is 1. The van der Waals surface area contributed by atoms with Gasteiger partial charge in [0.1, 0.15) is 10.7 Å². The van der Waals surface area contributed by atoms with E-state index in [1.165, 1.54) is 18.3 Å². The van der Waals surface area contributed by atoms with E-state index in [2.05, 4.69) is 0 Å². The van der Waals surface area contributed by atoms with Crippen LogP contribution in [-0.4, -0.2) is 39.9 Å². The minimum atomic E-state index is -3.99. The summed E-state index contributed by atoms with van der Waals surface area (Å²) in [5, 5.41) is 5.15. The van der Waals surface area contributed by atoms with Crippen molar-refractivity contribution in [1.82, 2.24) is 4.57 Å². The largest absolute Gasteiger partial charge is 0.382 e. The Balaban J connectivity index is 2.31. The molecule has 2 aromatic rings. The average Bonchev–Trinajstić information content (AvgIpc) is 2.79. The summed E-state index contributed by atoms with van der Waals surface area (Å²) in [6.07, 6.45) is 1.34. The van der Waals surface area contributed by atoms with Crippen LogP contribution < -0.4 is 5.14 Å². The molecule has 0 amide bonds. The molecule has 0 saturated heterocycles. The first-order valence-electron chi connectivity index (χ1n) is 6.32. The second-order valence-electron chi connectivity index (χ2n) is 4.47. The van der Waals surface area contributed by atoms with Gasteiger partial charge in [-0.1, -0.05) is 6.07 Å². The minimum absolute atomic E-state index is 0.0110. The Morgan fingerprint density at radius 1 is 1.29 bits per heavy atom. The fourth-order valence-electron chi connectivity index (χ4n) is 2.08. The second-order valence-corrected chi connectivity index (χ2v) is 6.00. The Labute approximate surface area is 122 Å². The van der Waals surface area contributed by atoms with Crippen LogP contribution >= 0.6 is 0 Å². The van der Waals surface area contributed by atoms with E-state index < -0.39 is 15.8 Å². The van der Waals surface area contributed by atoms with Crippen molar-refractivity contribution in [2.45, 2.75) is 11.4 Å². The Kier molecular flexibility index (Phi) is 4.94. The quantitative estimate of drug-likeness (QED) is 0.775. The van der Waals surface area contributed by atoms with Gasteiger partial charge in [0.25, 0.3) is 0 Å². The van der Waals surface area contributed by atoms with E-state index >= 15 is 0 Å². The van der Waals surface area contributed by atoms with E-state index in [4.69, 9.17) is 14.6 Å². The molecular weight excluding hydrogens is 299 g/mol. The molecule has 2 rings (SSSR count). The van der Waals surface area contributed by atoms with E-state index in [-0.39, 0.29) is 10.3 Å².